The quantitative estimate of drug-likeness (QED) is 0.818. The third-order valence-corrected chi connectivity index (χ3v) is 3.90. The van der Waals surface area contributed by atoms with Gasteiger partial charge in [-0.25, -0.2) is 9.18 Å². The number of nitrogens with zero attached hydrogens (tertiary/aromatic N) is 1. The molecule has 0 fully saturated rings. The van der Waals surface area contributed by atoms with Gasteiger partial charge in [-0.05, 0) is 19.1 Å². The molecule has 1 aliphatic rings. The Kier molecular flexibility index (Phi) is 3.01. The van der Waals surface area contributed by atoms with Crippen LogP contribution in [-0.2, 0) is 4.74 Å². The van der Waals surface area contributed by atoms with Crippen LogP contribution in [-0.4, -0.2) is 27.5 Å². The third-order valence-electron chi connectivity index (χ3n) is 3.90. The number of hydrogen-bond acceptors (Lipinski definition) is 4. The molecule has 2 aromatic rings. The summed E-state index contributed by atoms with van der Waals surface area (Å²) in [4.78, 5) is 34.9. The Morgan fingerprint density at radius 1 is 1.41 bits per heavy atom. The largest absolute Gasteiger partial charge is 0.506 e. The van der Waals surface area contributed by atoms with Crippen molar-refractivity contribution in [3.63, 3.8) is 0 Å². The number of carboxylic acid groups (broad SMARTS) is 1. The second kappa shape index (κ2) is 4.66. The maximum atomic E-state index is 14.0. The smallest absolute Gasteiger partial charge is 0.450 e. The van der Waals surface area contributed by atoms with Gasteiger partial charge in [0.05, 0.1) is 17.5 Å². The normalized spacial score (nSPS) is 16.9. The first-order valence-electron chi connectivity index (χ1n) is 6.60. The highest BCUT2D eigenvalue weighted by molar-refractivity contribution is 6.13. The van der Waals surface area contributed by atoms with Crippen molar-refractivity contribution in [1.82, 2.24) is 4.57 Å². The summed E-state index contributed by atoms with van der Waals surface area (Å²) in [5.41, 5.74) is 1.10. The number of ether oxygens (including phenoxy) is 1. The Hall–Kier alpha value is -2.70. The van der Waals surface area contributed by atoms with Crippen molar-refractivity contribution in [1.29, 1.82) is 0 Å². The predicted molar refractivity (Wildman–Crippen MR) is 73.7 cm³/mol. The summed E-state index contributed by atoms with van der Waals surface area (Å²) >= 11 is 0. The van der Waals surface area contributed by atoms with E-state index in [-0.39, 0.29) is 23.3 Å². The van der Waals surface area contributed by atoms with Crippen molar-refractivity contribution in [3.8, 4) is 0 Å². The van der Waals surface area contributed by atoms with E-state index in [0.717, 1.165) is 6.07 Å². The predicted octanol–water partition coefficient (Wildman–Crippen LogP) is 3.07. The molecule has 7 heteroatoms. The fourth-order valence-electron chi connectivity index (χ4n) is 3.17. The van der Waals surface area contributed by atoms with Gasteiger partial charge in [0.1, 0.15) is 11.9 Å². The van der Waals surface area contributed by atoms with Gasteiger partial charge in [-0.3, -0.25) is 14.2 Å². The minimum atomic E-state index is -1.53. The van der Waals surface area contributed by atoms with Gasteiger partial charge in [0.2, 0.25) is 5.91 Å². The second-order valence-corrected chi connectivity index (χ2v) is 5.17. The maximum Gasteiger partial charge on any atom is 0.506 e. The number of carbonyl (C=O) groups excluding carboxylic acids is 2. The minimum absolute atomic E-state index is 0.110. The molecule has 0 bridgehead atoms. The first kappa shape index (κ1) is 14.2. The van der Waals surface area contributed by atoms with Gasteiger partial charge in [-0.15, -0.1) is 0 Å². The first-order chi connectivity index (χ1) is 10.3. The summed E-state index contributed by atoms with van der Waals surface area (Å²) in [6.45, 7) is 2.96. The molecule has 1 unspecified atom stereocenters. The fraction of sp³-hybridized carbons (Fsp3) is 0.267. The number of carbonyl (C=O) groups is 3. The first-order valence-corrected chi connectivity index (χ1v) is 6.60. The Bertz CT molecular complexity index is 851. The van der Waals surface area contributed by atoms with Crippen LogP contribution in [0.25, 0.3) is 10.9 Å². The molecule has 0 saturated carbocycles. The van der Waals surface area contributed by atoms with Gasteiger partial charge in [0.15, 0.2) is 5.78 Å². The van der Waals surface area contributed by atoms with E-state index in [1.54, 1.807) is 6.92 Å². The molecule has 1 aliphatic carbocycles. The van der Waals surface area contributed by atoms with E-state index in [9.17, 15) is 18.8 Å². The van der Waals surface area contributed by atoms with Crippen LogP contribution in [0.2, 0.25) is 0 Å². The number of hydrogen-bond donors (Lipinski definition) is 1. The summed E-state index contributed by atoms with van der Waals surface area (Å²) in [6.07, 6.45) is -2.85. The molecule has 22 heavy (non-hydrogen) atoms. The molecule has 6 nitrogen and oxygen atoms in total. The van der Waals surface area contributed by atoms with Gasteiger partial charge >= 0.3 is 6.16 Å². The zero-order valence-electron chi connectivity index (χ0n) is 11.8. The number of ketones is 1. The van der Waals surface area contributed by atoms with Crippen molar-refractivity contribution in [2.24, 2.45) is 0 Å². The van der Waals surface area contributed by atoms with Crippen molar-refractivity contribution in [2.45, 2.75) is 26.4 Å². The molecule has 1 N–H and O–H groups in total. The summed E-state index contributed by atoms with van der Waals surface area (Å²) in [7, 11) is 0. The van der Waals surface area contributed by atoms with Crippen LogP contribution in [0.1, 0.15) is 45.9 Å². The third kappa shape index (κ3) is 1.82. The molecule has 0 saturated heterocycles. The average Bonchev–Trinajstić information content (AvgIpc) is 2.69. The summed E-state index contributed by atoms with van der Waals surface area (Å²) in [5.74, 6) is -1.54. The van der Waals surface area contributed by atoms with E-state index in [0.29, 0.717) is 16.8 Å². The Morgan fingerprint density at radius 3 is 2.68 bits per heavy atom. The van der Waals surface area contributed by atoms with Gasteiger partial charge in [0.25, 0.3) is 0 Å². The Labute approximate surface area is 124 Å². The number of Topliss-reactive ketones (excluding diaryl/α,β-unsaturated/α-hetero) is 1. The molecule has 114 valence electrons. The highest BCUT2D eigenvalue weighted by Crippen LogP contribution is 2.42. The summed E-state index contributed by atoms with van der Waals surface area (Å²) in [5, 5.41) is 9.09. The lowest BCUT2D eigenvalue weighted by molar-refractivity contribution is 0.0450. The van der Waals surface area contributed by atoms with E-state index in [4.69, 9.17) is 9.84 Å². The lowest BCUT2D eigenvalue weighted by Crippen LogP contribution is -2.20. The summed E-state index contributed by atoms with van der Waals surface area (Å²) < 4.78 is 20.2. The van der Waals surface area contributed by atoms with Crippen LogP contribution in [0.3, 0.4) is 0 Å². The number of rotatable bonds is 1. The van der Waals surface area contributed by atoms with E-state index < -0.39 is 23.9 Å². The lowest BCUT2D eigenvalue weighted by Gasteiger charge is -2.21. The molecule has 1 aromatic carbocycles. The average molecular weight is 305 g/mol. The van der Waals surface area contributed by atoms with Crippen LogP contribution >= 0.6 is 0 Å². The monoisotopic (exact) mass is 305 g/mol. The number of halogens is 1. The molecular formula is C15H12FNO5. The van der Waals surface area contributed by atoms with Gasteiger partial charge in [0, 0.05) is 23.6 Å². The molecule has 0 aliphatic heterocycles. The fourth-order valence-corrected chi connectivity index (χ4v) is 3.17. The van der Waals surface area contributed by atoms with Crippen LogP contribution < -0.4 is 0 Å². The zero-order valence-corrected chi connectivity index (χ0v) is 11.8. The van der Waals surface area contributed by atoms with E-state index in [2.05, 4.69) is 0 Å². The highest BCUT2D eigenvalue weighted by atomic mass is 19.1. The molecule has 1 heterocycles. The topological polar surface area (TPSA) is 85.6 Å². The van der Waals surface area contributed by atoms with Gasteiger partial charge in [-0.2, -0.15) is 0 Å². The molecular weight excluding hydrogens is 293 g/mol. The van der Waals surface area contributed by atoms with Crippen molar-refractivity contribution < 1.29 is 28.6 Å². The zero-order chi connectivity index (χ0) is 16.2. The maximum absolute atomic E-state index is 14.0. The number of aromatic nitrogens is 1. The molecule has 0 amide bonds. The minimum Gasteiger partial charge on any atom is -0.450 e. The Morgan fingerprint density at radius 2 is 2.09 bits per heavy atom. The standard InChI is InChI=1S/C15H12FNO5/c1-6-12-11(22-15(20)21)5-10(19)13-8(16)3-4-9(14(12)13)17(6)7(2)18/h3-4,11H,5H2,1-2H3,(H,20,21). The van der Waals surface area contributed by atoms with Crippen molar-refractivity contribution in [3.05, 3.63) is 34.8 Å². The lowest BCUT2D eigenvalue weighted by atomic mass is 9.88. The molecule has 0 spiro atoms. The SMILES string of the molecule is CC(=O)n1c(C)c2c3c(c(F)ccc31)C(=O)CC2OC(=O)O. The van der Waals surface area contributed by atoms with Crippen molar-refractivity contribution in [2.75, 3.05) is 0 Å². The second-order valence-electron chi connectivity index (χ2n) is 5.17. The van der Waals surface area contributed by atoms with Crippen LogP contribution in [0, 0.1) is 12.7 Å². The molecule has 0 radical (unpaired) electrons. The van der Waals surface area contributed by atoms with E-state index in [1.807, 2.05) is 0 Å². The van der Waals surface area contributed by atoms with Crippen LogP contribution in [0.5, 0.6) is 0 Å². The van der Waals surface area contributed by atoms with Crippen molar-refractivity contribution >= 4 is 28.7 Å². The van der Waals surface area contributed by atoms with Gasteiger partial charge < -0.3 is 9.84 Å². The van der Waals surface area contributed by atoms with Gasteiger partial charge in [-0.1, -0.05) is 0 Å². The Balaban J connectivity index is 2.43. The van der Waals surface area contributed by atoms with Crippen LogP contribution in [0.15, 0.2) is 12.1 Å². The number of benzene rings is 1. The summed E-state index contributed by atoms with van der Waals surface area (Å²) in [6, 6.07) is 2.54. The molecule has 1 atom stereocenters. The highest BCUT2D eigenvalue weighted by Gasteiger charge is 2.36. The molecule has 1 aromatic heterocycles. The molecule has 3 rings (SSSR count). The van der Waals surface area contributed by atoms with E-state index in [1.165, 1.54) is 17.6 Å². The van der Waals surface area contributed by atoms with Crippen LogP contribution in [0.4, 0.5) is 9.18 Å². The van der Waals surface area contributed by atoms with E-state index >= 15 is 0 Å².